The Hall–Kier alpha value is -4.63. The van der Waals surface area contributed by atoms with Crippen LogP contribution in [0.25, 0.3) is 0 Å². The number of nitrogens with one attached hydrogen (secondary N) is 1. The number of anilines is 1. The maximum absolute atomic E-state index is 12.1. The highest BCUT2D eigenvalue weighted by Gasteiger charge is 2.51. The lowest BCUT2D eigenvalue weighted by atomic mass is 9.95. The van der Waals surface area contributed by atoms with Crippen molar-refractivity contribution in [1.29, 1.82) is 0 Å². The second-order valence-electron chi connectivity index (χ2n) is 8.68. The van der Waals surface area contributed by atoms with Crippen LogP contribution in [0.5, 0.6) is 0 Å². The Morgan fingerprint density at radius 3 is 2.12 bits per heavy atom. The molecular weight excluding hydrogens is 534 g/mol. The molecule has 3 rings (SSSR count). The molecule has 0 saturated carbocycles. The van der Waals surface area contributed by atoms with Crippen LogP contribution in [-0.2, 0) is 44.7 Å². The summed E-state index contributed by atoms with van der Waals surface area (Å²) in [6.45, 7) is 2.96. The molecule has 1 aliphatic heterocycles. The quantitative estimate of drug-likeness (QED) is 0.182. The molecule has 2 aromatic rings. The first kappa shape index (κ1) is 29.9. The molecule has 2 aromatic carbocycles. The van der Waals surface area contributed by atoms with E-state index in [1.807, 2.05) is 0 Å². The third kappa shape index (κ3) is 7.94. The lowest BCUT2D eigenvalue weighted by Crippen LogP contribution is -2.64. The number of rotatable bonds is 11. The first-order valence-corrected chi connectivity index (χ1v) is 11.9. The number of benzene rings is 2. The average molecular weight is 562 g/mol. The fraction of sp³-hybridized carbons (Fsp3) is 0.400. The minimum Gasteiger partial charge on any atom is -0.463 e. The zero-order valence-corrected chi connectivity index (χ0v) is 21.7. The Labute approximate surface area is 227 Å². The smallest absolute Gasteiger partial charge is 0.303 e. The van der Waals surface area contributed by atoms with Gasteiger partial charge in [-0.05, 0) is 11.6 Å². The molecule has 0 spiro atoms. The number of ether oxygens (including phenoxy) is 5. The summed E-state index contributed by atoms with van der Waals surface area (Å²) in [5.41, 5.74) is -0.664. The molecule has 214 valence electrons. The highest BCUT2D eigenvalue weighted by molar-refractivity contribution is 5.69. The number of carbonyl (C=O) groups is 3. The van der Waals surface area contributed by atoms with Crippen molar-refractivity contribution < 1.29 is 47.9 Å². The molecule has 5 atom stereocenters. The molecule has 40 heavy (non-hydrogen) atoms. The van der Waals surface area contributed by atoms with Crippen molar-refractivity contribution >= 4 is 35.0 Å². The summed E-state index contributed by atoms with van der Waals surface area (Å²) < 4.78 is 27.9. The molecule has 15 nitrogen and oxygen atoms in total. The van der Waals surface area contributed by atoms with Crippen LogP contribution in [0.15, 0.2) is 48.5 Å². The number of esters is 3. The third-order valence-electron chi connectivity index (χ3n) is 5.67. The van der Waals surface area contributed by atoms with E-state index in [9.17, 15) is 34.6 Å². The summed E-state index contributed by atoms with van der Waals surface area (Å²) in [6.07, 6.45) is -5.18. The fourth-order valence-electron chi connectivity index (χ4n) is 4.05. The first-order chi connectivity index (χ1) is 19.0. The van der Waals surface area contributed by atoms with Gasteiger partial charge in [-0.2, -0.15) is 0 Å². The van der Waals surface area contributed by atoms with Crippen molar-refractivity contribution in [2.24, 2.45) is 0 Å². The van der Waals surface area contributed by atoms with Crippen molar-refractivity contribution in [1.82, 2.24) is 0 Å². The summed E-state index contributed by atoms with van der Waals surface area (Å²) in [5, 5.41) is 25.8. The highest BCUT2D eigenvalue weighted by Crippen LogP contribution is 2.35. The van der Waals surface area contributed by atoms with Gasteiger partial charge in [0.15, 0.2) is 18.5 Å². The fourth-order valence-corrected chi connectivity index (χ4v) is 4.05. The molecule has 1 aliphatic rings. The monoisotopic (exact) mass is 561 g/mol. The topological polar surface area (TPSA) is 196 Å². The standard InChI is InChI=1S/C25H27N3O12/c1-14(29)36-13-21-23(38-15(2)30)22(26-19-10-9-18(27(32)33)11-20(19)28(34)35)24(39-16(3)31)25(40-21)37-12-17-7-5-4-6-8-17/h4-11,21-26H,12-13H2,1-3H3/t21-,22+,23-,24-,25+/m1/s1. The molecule has 1 heterocycles. The van der Waals surface area contributed by atoms with Gasteiger partial charge in [0.1, 0.15) is 24.4 Å². The minimum atomic E-state index is -1.35. The molecule has 0 bridgehead atoms. The molecule has 0 unspecified atom stereocenters. The van der Waals surface area contributed by atoms with E-state index in [2.05, 4.69) is 5.32 Å². The van der Waals surface area contributed by atoms with E-state index in [1.165, 1.54) is 0 Å². The van der Waals surface area contributed by atoms with Gasteiger partial charge < -0.3 is 29.0 Å². The number of nitro groups is 2. The highest BCUT2D eigenvalue weighted by atomic mass is 16.7. The van der Waals surface area contributed by atoms with E-state index in [4.69, 9.17) is 23.7 Å². The van der Waals surface area contributed by atoms with Gasteiger partial charge >= 0.3 is 17.9 Å². The van der Waals surface area contributed by atoms with E-state index >= 15 is 0 Å². The van der Waals surface area contributed by atoms with E-state index in [-0.39, 0.29) is 12.3 Å². The molecule has 1 fully saturated rings. The number of nitro benzene ring substituents is 2. The summed E-state index contributed by atoms with van der Waals surface area (Å²) in [7, 11) is 0. The number of carbonyl (C=O) groups excluding carboxylic acids is 3. The maximum Gasteiger partial charge on any atom is 0.303 e. The van der Waals surface area contributed by atoms with Gasteiger partial charge in [0.2, 0.25) is 0 Å². The second-order valence-corrected chi connectivity index (χ2v) is 8.68. The van der Waals surface area contributed by atoms with Crippen LogP contribution in [0, 0.1) is 20.2 Å². The van der Waals surface area contributed by atoms with Gasteiger partial charge in [0.25, 0.3) is 11.4 Å². The molecule has 0 radical (unpaired) electrons. The van der Waals surface area contributed by atoms with E-state index in [0.29, 0.717) is 0 Å². The number of nitrogens with zero attached hydrogens (tertiary/aromatic N) is 2. The Kier molecular flexibility index (Phi) is 10.1. The van der Waals surface area contributed by atoms with Gasteiger partial charge in [-0.3, -0.25) is 34.6 Å². The molecule has 0 aromatic heterocycles. The van der Waals surface area contributed by atoms with Crippen molar-refractivity contribution in [3.05, 3.63) is 74.3 Å². The molecule has 1 saturated heterocycles. The third-order valence-corrected chi connectivity index (χ3v) is 5.67. The molecule has 1 N–H and O–H groups in total. The largest absolute Gasteiger partial charge is 0.463 e. The summed E-state index contributed by atoms with van der Waals surface area (Å²) >= 11 is 0. The van der Waals surface area contributed by atoms with Crippen molar-refractivity contribution in [2.45, 2.75) is 58.0 Å². The number of hydrogen-bond donors (Lipinski definition) is 1. The van der Waals surface area contributed by atoms with Crippen LogP contribution in [0.1, 0.15) is 26.3 Å². The van der Waals surface area contributed by atoms with Gasteiger partial charge in [-0.15, -0.1) is 0 Å². The van der Waals surface area contributed by atoms with Crippen LogP contribution in [0.3, 0.4) is 0 Å². The Morgan fingerprint density at radius 1 is 0.900 bits per heavy atom. The number of non-ortho nitro benzene ring substituents is 1. The SMILES string of the molecule is CC(=O)OC[C@H]1O[C@H](OCc2ccccc2)[C@H](OC(C)=O)[C@@H](Nc2ccc([N+](=O)[O-])cc2[N+](=O)[O-])[C@@H]1OC(C)=O. The Morgan fingerprint density at radius 2 is 1.55 bits per heavy atom. The van der Waals surface area contributed by atoms with Gasteiger partial charge in [-0.25, -0.2) is 0 Å². The van der Waals surface area contributed by atoms with Crippen LogP contribution < -0.4 is 5.32 Å². The summed E-state index contributed by atoms with van der Waals surface area (Å²) in [6, 6.07) is 10.5. The minimum absolute atomic E-state index is 0.00775. The summed E-state index contributed by atoms with van der Waals surface area (Å²) in [4.78, 5) is 57.1. The number of hydrogen-bond acceptors (Lipinski definition) is 13. The van der Waals surface area contributed by atoms with Crippen LogP contribution >= 0.6 is 0 Å². The predicted octanol–water partition coefficient (Wildman–Crippen LogP) is 2.65. The molecular formula is C25H27N3O12. The van der Waals surface area contributed by atoms with Crippen molar-refractivity contribution in [2.75, 3.05) is 11.9 Å². The Bertz CT molecular complexity index is 1250. The normalized spacial score (nSPS) is 22.0. The average Bonchev–Trinajstić information content (AvgIpc) is 2.89. The van der Waals surface area contributed by atoms with Crippen molar-refractivity contribution in [3.63, 3.8) is 0 Å². The molecule has 0 amide bonds. The lowest BCUT2D eigenvalue weighted by molar-refractivity contribution is -0.393. The zero-order valence-electron chi connectivity index (χ0n) is 21.7. The zero-order chi connectivity index (χ0) is 29.4. The summed E-state index contributed by atoms with van der Waals surface area (Å²) in [5.74, 6) is -2.21. The van der Waals surface area contributed by atoms with Crippen molar-refractivity contribution in [3.8, 4) is 0 Å². The van der Waals surface area contributed by atoms with Crippen LogP contribution in [-0.4, -0.2) is 65.0 Å². The molecule has 15 heteroatoms. The predicted molar refractivity (Wildman–Crippen MR) is 135 cm³/mol. The van der Waals surface area contributed by atoms with E-state index in [1.54, 1.807) is 30.3 Å². The first-order valence-electron chi connectivity index (χ1n) is 11.9. The lowest BCUT2D eigenvalue weighted by Gasteiger charge is -2.45. The molecule has 0 aliphatic carbocycles. The van der Waals surface area contributed by atoms with Crippen LogP contribution in [0.4, 0.5) is 17.1 Å². The van der Waals surface area contributed by atoms with Gasteiger partial charge in [0.05, 0.1) is 22.5 Å². The van der Waals surface area contributed by atoms with Crippen LogP contribution in [0.2, 0.25) is 0 Å². The van der Waals surface area contributed by atoms with Gasteiger partial charge in [0, 0.05) is 26.8 Å². The second kappa shape index (κ2) is 13.4. The van der Waals surface area contributed by atoms with Gasteiger partial charge in [-0.1, -0.05) is 30.3 Å². The van der Waals surface area contributed by atoms with E-state index in [0.717, 1.165) is 44.5 Å². The van der Waals surface area contributed by atoms with E-state index < -0.39 is 76.4 Å². The Balaban J connectivity index is 2.07. The maximum atomic E-state index is 12.1.